The van der Waals surface area contributed by atoms with Crippen LogP contribution in [-0.4, -0.2) is 19.8 Å². The number of nitrogens with one attached hydrogen (secondary N) is 1. The van der Waals surface area contributed by atoms with Gasteiger partial charge >= 0.3 is 0 Å². The zero-order chi connectivity index (χ0) is 12.3. The summed E-state index contributed by atoms with van der Waals surface area (Å²) in [5.74, 6) is 0.619. The van der Waals surface area contributed by atoms with Gasteiger partial charge < -0.3 is 15.8 Å². The summed E-state index contributed by atoms with van der Waals surface area (Å²) >= 11 is 12.2. The highest BCUT2D eigenvalue weighted by Gasteiger charge is 2.15. The molecule has 0 aliphatic carbocycles. The van der Waals surface area contributed by atoms with Crippen LogP contribution in [0.2, 0.25) is 10.0 Å². The van der Waals surface area contributed by atoms with E-state index >= 15 is 0 Å². The van der Waals surface area contributed by atoms with Gasteiger partial charge in [0.15, 0.2) is 0 Å². The molecule has 0 spiro atoms. The van der Waals surface area contributed by atoms with E-state index in [-0.39, 0.29) is 0 Å². The summed E-state index contributed by atoms with van der Waals surface area (Å²) in [7, 11) is 0. The summed E-state index contributed by atoms with van der Waals surface area (Å²) in [6, 6.07) is 3.42. The van der Waals surface area contributed by atoms with Crippen molar-refractivity contribution in [3.05, 3.63) is 22.2 Å². The molecule has 1 fully saturated rings. The van der Waals surface area contributed by atoms with E-state index < -0.39 is 0 Å². The van der Waals surface area contributed by atoms with Crippen LogP contribution in [0.4, 0.5) is 11.4 Å². The fourth-order valence-corrected chi connectivity index (χ4v) is 2.60. The Balaban J connectivity index is 1.98. The summed E-state index contributed by atoms with van der Waals surface area (Å²) in [5.41, 5.74) is 7.01. The molecule has 0 radical (unpaired) electrons. The summed E-state index contributed by atoms with van der Waals surface area (Å²) < 4.78 is 5.32. The minimum atomic E-state index is 0.571. The molecular weight excluding hydrogens is 259 g/mol. The molecule has 0 aromatic heterocycles. The Morgan fingerprint density at radius 1 is 1.24 bits per heavy atom. The fraction of sp³-hybridized carbons (Fsp3) is 0.500. The average molecular weight is 275 g/mol. The molecule has 0 atom stereocenters. The van der Waals surface area contributed by atoms with Gasteiger partial charge in [0.05, 0.1) is 15.7 Å². The van der Waals surface area contributed by atoms with Gasteiger partial charge in [-0.25, -0.2) is 0 Å². The van der Waals surface area contributed by atoms with Crippen molar-refractivity contribution in [2.75, 3.05) is 30.8 Å². The first kappa shape index (κ1) is 12.8. The maximum absolute atomic E-state index is 6.10. The molecule has 0 bridgehead atoms. The number of benzene rings is 1. The van der Waals surface area contributed by atoms with Crippen molar-refractivity contribution in [3.8, 4) is 0 Å². The highest BCUT2D eigenvalue weighted by Crippen LogP contribution is 2.33. The van der Waals surface area contributed by atoms with Crippen LogP contribution in [0.3, 0.4) is 0 Å². The maximum atomic E-state index is 6.10. The number of ether oxygens (including phenoxy) is 1. The van der Waals surface area contributed by atoms with Crippen LogP contribution in [0, 0.1) is 5.92 Å². The van der Waals surface area contributed by atoms with E-state index in [1.807, 2.05) is 0 Å². The second-order valence-electron chi connectivity index (χ2n) is 4.30. The van der Waals surface area contributed by atoms with E-state index in [1.54, 1.807) is 12.1 Å². The lowest BCUT2D eigenvalue weighted by Crippen LogP contribution is -2.22. The highest BCUT2D eigenvalue weighted by molar-refractivity contribution is 6.39. The summed E-state index contributed by atoms with van der Waals surface area (Å²) in [6.07, 6.45) is 2.16. The van der Waals surface area contributed by atoms with E-state index in [9.17, 15) is 0 Å². The molecule has 0 saturated carbocycles. The van der Waals surface area contributed by atoms with Gasteiger partial charge in [0.2, 0.25) is 0 Å². The van der Waals surface area contributed by atoms with Gasteiger partial charge in [0.25, 0.3) is 0 Å². The van der Waals surface area contributed by atoms with Gasteiger partial charge in [-0.3, -0.25) is 0 Å². The zero-order valence-corrected chi connectivity index (χ0v) is 11.0. The molecule has 3 nitrogen and oxygen atoms in total. The minimum Gasteiger partial charge on any atom is -0.399 e. The van der Waals surface area contributed by atoms with Gasteiger partial charge in [-0.2, -0.15) is 0 Å². The summed E-state index contributed by atoms with van der Waals surface area (Å²) in [4.78, 5) is 0. The van der Waals surface area contributed by atoms with Crippen LogP contribution in [0.1, 0.15) is 12.8 Å². The van der Waals surface area contributed by atoms with E-state index in [1.165, 1.54) is 0 Å². The Morgan fingerprint density at radius 2 is 1.82 bits per heavy atom. The Kier molecular flexibility index (Phi) is 4.37. The van der Waals surface area contributed by atoms with E-state index in [4.69, 9.17) is 33.7 Å². The molecule has 17 heavy (non-hydrogen) atoms. The van der Waals surface area contributed by atoms with Crippen LogP contribution in [0.15, 0.2) is 12.1 Å². The van der Waals surface area contributed by atoms with Crippen molar-refractivity contribution in [1.82, 2.24) is 0 Å². The van der Waals surface area contributed by atoms with Gasteiger partial charge in [0, 0.05) is 25.4 Å². The first-order chi connectivity index (χ1) is 8.16. The highest BCUT2D eigenvalue weighted by atomic mass is 35.5. The molecule has 3 N–H and O–H groups in total. The van der Waals surface area contributed by atoms with Crippen LogP contribution >= 0.6 is 23.2 Å². The van der Waals surface area contributed by atoms with Crippen LogP contribution < -0.4 is 11.1 Å². The molecule has 1 aromatic rings. The van der Waals surface area contributed by atoms with Gasteiger partial charge in [-0.05, 0) is 30.9 Å². The molecule has 1 heterocycles. The van der Waals surface area contributed by atoms with Gasteiger partial charge in [-0.15, -0.1) is 0 Å². The molecular formula is C12H16Cl2N2O. The number of rotatable bonds is 3. The Morgan fingerprint density at radius 3 is 2.41 bits per heavy atom. The van der Waals surface area contributed by atoms with Crippen LogP contribution in [-0.2, 0) is 4.74 Å². The van der Waals surface area contributed by atoms with Crippen molar-refractivity contribution in [2.45, 2.75) is 12.8 Å². The largest absolute Gasteiger partial charge is 0.399 e. The van der Waals surface area contributed by atoms with Crippen molar-refractivity contribution in [1.29, 1.82) is 0 Å². The third-order valence-corrected chi connectivity index (χ3v) is 3.57. The van der Waals surface area contributed by atoms with Gasteiger partial charge in [0.1, 0.15) is 0 Å². The molecule has 94 valence electrons. The number of hydrogen-bond donors (Lipinski definition) is 2. The van der Waals surface area contributed by atoms with Crippen molar-refractivity contribution >= 4 is 34.6 Å². The number of hydrogen-bond acceptors (Lipinski definition) is 3. The Bertz CT molecular complexity index is 369. The van der Waals surface area contributed by atoms with E-state index in [0.29, 0.717) is 21.7 Å². The monoisotopic (exact) mass is 274 g/mol. The molecule has 1 aliphatic heterocycles. The van der Waals surface area contributed by atoms with Crippen LogP contribution in [0.5, 0.6) is 0 Å². The molecule has 0 amide bonds. The quantitative estimate of drug-likeness (QED) is 0.831. The minimum absolute atomic E-state index is 0.571. The SMILES string of the molecule is Nc1cc(Cl)c(NCC2CCOCC2)c(Cl)c1. The number of nitrogens with two attached hydrogens (primary N) is 1. The van der Waals surface area contributed by atoms with Crippen molar-refractivity contribution in [2.24, 2.45) is 5.92 Å². The topological polar surface area (TPSA) is 47.3 Å². The molecule has 1 saturated heterocycles. The van der Waals surface area contributed by atoms with Crippen molar-refractivity contribution < 1.29 is 4.74 Å². The predicted octanol–water partition coefficient (Wildman–Crippen LogP) is 3.41. The molecule has 0 unspecified atom stereocenters. The van der Waals surface area contributed by atoms with E-state index in [0.717, 1.165) is 38.3 Å². The number of halogens is 2. The molecule has 1 aromatic carbocycles. The lowest BCUT2D eigenvalue weighted by atomic mass is 10.0. The standard InChI is InChI=1S/C12H16Cl2N2O/c13-10-5-9(15)6-11(14)12(10)16-7-8-1-3-17-4-2-8/h5-6,8,16H,1-4,7,15H2. The Labute approximate surface area is 111 Å². The fourth-order valence-electron chi connectivity index (χ4n) is 1.96. The normalized spacial score (nSPS) is 17.1. The smallest absolute Gasteiger partial charge is 0.0720 e. The second kappa shape index (κ2) is 5.80. The average Bonchev–Trinajstić information content (AvgIpc) is 2.29. The predicted molar refractivity (Wildman–Crippen MR) is 72.9 cm³/mol. The summed E-state index contributed by atoms with van der Waals surface area (Å²) in [5, 5.41) is 4.45. The third kappa shape index (κ3) is 3.41. The first-order valence-electron chi connectivity index (χ1n) is 5.73. The number of anilines is 2. The zero-order valence-electron chi connectivity index (χ0n) is 9.51. The lowest BCUT2D eigenvalue weighted by molar-refractivity contribution is 0.0699. The first-order valence-corrected chi connectivity index (χ1v) is 6.48. The number of nitrogen functional groups attached to an aromatic ring is 1. The van der Waals surface area contributed by atoms with Crippen molar-refractivity contribution in [3.63, 3.8) is 0 Å². The molecule has 1 aliphatic rings. The van der Waals surface area contributed by atoms with Crippen LogP contribution in [0.25, 0.3) is 0 Å². The Hall–Kier alpha value is -0.640. The van der Waals surface area contributed by atoms with E-state index in [2.05, 4.69) is 5.32 Å². The maximum Gasteiger partial charge on any atom is 0.0720 e. The second-order valence-corrected chi connectivity index (χ2v) is 5.11. The third-order valence-electron chi connectivity index (χ3n) is 2.97. The van der Waals surface area contributed by atoms with Gasteiger partial charge in [-0.1, -0.05) is 23.2 Å². The molecule has 2 rings (SSSR count). The molecule has 5 heteroatoms. The lowest BCUT2D eigenvalue weighted by Gasteiger charge is -2.23. The summed E-state index contributed by atoms with van der Waals surface area (Å²) in [6.45, 7) is 2.55.